The molecule has 138 valence electrons. The van der Waals surface area contributed by atoms with E-state index in [1.54, 1.807) is 24.1 Å². The monoisotopic (exact) mass is 355 g/mol. The Kier molecular flexibility index (Phi) is 8.19. The van der Waals surface area contributed by atoms with Crippen molar-refractivity contribution in [2.45, 2.75) is 38.8 Å². The van der Waals surface area contributed by atoms with Gasteiger partial charge in [-0.25, -0.2) is 9.59 Å². The van der Waals surface area contributed by atoms with E-state index in [1.807, 2.05) is 48.6 Å². The number of rotatable bonds is 8. The van der Waals surface area contributed by atoms with Crippen LogP contribution in [0.3, 0.4) is 0 Å². The second kappa shape index (κ2) is 10.9. The smallest absolute Gasteiger partial charge is 0.414 e. The lowest BCUT2D eigenvalue weighted by atomic mass is 10.1. The molecule has 0 saturated heterocycles. The molecule has 0 N–H and O–H groups in total. The zero-order valence-electron chi connectivity index (χ0n) is 15.0. The predicted octanol–water partition coefficient (Wildman–Crippen LogP) is 4.37. The third-order valence-electron chi connectivity index (χ3n) is 3.88. The van der Waals surface area contributed by atoms with Gasteiger partial charge in [-0.3, -0.25) is 4.90 Å². The van der Waals surface area contributed by atoms with Crippen molar-refractivity contribution in [3.63, 3.8) is 0 Å². The Morgan fingerprint density at radius 3 is 2.73 bits per heavy atom. The van der Waals surface area contributed by atoms with E-state index in [0.29, 0.717) is 6.61 Å². The maximum atomic E-state index is 12.4. The fraction of sp³-hybridized carbons (Fsp3) is 0.333. The van der Waals surface area contributed by atoms with Gasteiger partial charge in [-0.15, -0.1) is 0 Å². The molecule has 0 saturated carbocycles. The predicted molar refractivity (Wildman–Crippen MR) is 100 cm³/mol. The summed E-state index contributed by atoms with van der Waals surface area (Å²) in [7, 11) is 0. The van der Waals surface area contributed by atoms with E-state index in [2.05, 4.69) is 0 Å². The molecule has 0 fully saturated rings. The molecule has 1 aromatic carbocycles. The summed E-state index contributed by atoms with van der Waals surface area (Å²) in [5, 5.41) is 0. The van der Waals surface area contributed by atoms with Crippen LogP contribution in [0.25, 0.3) is 0 Å². The first kappa shape index (κ1) is 19.5. The van der Waals surface area contributed by atoms with E-state index in [0.717, 1.165) is 24.8 Å². The van der Waals surface area contributed by atoms with Crippen LogP contribution >= 0.6 is 0 Å². The van der Waals surface area contributed by atoms with Crippen LogP contribution in [0.15, 0.2) is 66.9 Å². The number of amides is 1. The number of esters is 1. The van der Waals surface area contributed by atoms with Crippen molar-refractivity contribution in [2.24, 2.45) is 0 Å². The molecule has 1 aliphatic heterocycles. The molecule has 5 heteroatoms. The second-order valence-corrected chi connectivity index (χ2v) is 5.83. The van der Waals surface area contributed by atoms with Crippen LogP contribution in [-0.4, -0.2) is 29.6 Å². The van der Waals surface area contributed by atoms with Crippen molar-refractivity contribution in [2.75, 3.05) is 6.61 Å². The van der Waals surface area contributed by atoms with E-state index in [-0.39, 0.29) is 24.7 Å². The van der Waals surface area contributed by atoms with Gasteiger partial charge in [-0.1, -0.05) is 48.6 Å². The molecule has 1 unspecified atom stereocenters. The first-order valence-corrected chi connectivity index (χ1v) is 8.88. The highest BCUT2D eigenvalue weighted by Crippen LogP contribution is 2.17. The van der Waals surface area contributed by atoms with Crippen molar-refractivity contribution in [1.29, 1.82) is 0 Å². The van der Waals surface area contributed by atoms with Gasteiger partial charge < -0.3 is 9.47 Å². The summed E-state index contributed by atoms with van der Waals surface area (Å²) in [5.41, 5.74) is 0.957. The molecule has 0 radical (unpaired) electrons. The standard InChI is InChI=1S/C21H25NO4/c1-2-25-20(23)15-8-4-7-13-19-14-9-10-16-22(19)21(24)26-17-18-11-5-3-6-12-18/h3,5-6,8-12,14-16,19H,2,4,7,13,17H2,1H3/b15-8+. The zero-order chi connectivity index (χ0) is 18.6. The average Bonchev–Trinajstić information content (AvgIpc) is 2.67. The molecule has 1 heterocycles. The molecular formula is C21H25NO4. The van der Waals surface area contributed by atoms with Crippen molar-refractivity contribution < 1.29 is 19.1 Å². The maximum Gasteiger partial charge on any atom is 0.414 e. The molecule has 1 amide bonds. The average molecular weight is 355 g/mol. The van der Waals surface area contributed by atoms with Crippen molar-refractivity contribution in [3.05, 3.63) is 72.5 Å². The van der Waals surface area contributed by atoms with E-state index in [4.69, 9.17) is 9.47 Å². The Labute approximate surface area is 154 Å². The van der Waals surface area contributed by atoms with E-state index >= 15 is 0 Å². The minimum Gasteiger partial charge on any atom is -0.463 e. The topological polar surface area (TPSA) is 55.8 Å². The van der Waals surface area contributed by atoms with Crippen LogP contribution < -0.4 is 0 Å². The molecule has 5 nitrogen and oxygen atoms in total. The summed E-state index contributed by atoms with van der Waals surface area (Å²) in [6, 6.07) is 9.56. The van der Waals surface area contributed by atoms with Gasteiger partial charge in [0, 0.05) is 12.3 Å². The normalized spacial score (nSPS) is 16.0. The number of carbonyl (C=O) groups excluding carboxylic acids is 2. The lowest BCUT2D eigenvalue weighted by Gasteiger charge is -2.27. The van der Waals surface area contributed by atoms with Gasteiger partial charge in [-0.2, -0.15) is 0 Å². The highest BCUT2D eigenvalue weighted by molar-refractivity contribution is 5.81. The summed E-state index contributed by atoms with van der Waals surface area (Å²) in [4.78, 5) is 25.2. The molecule has 0 spiro atoms. The number of hydrogen-bond acceptors (Lipinski definition) is 4. The van der Waals surface area contributed by atoms with Crippen molar-refractivity contribution >= 4 is 12.1 Å². The molecule has 2 rings (SSSR count). The first-order chi connectivity index (χ1) is 12.7. The number of unbranched alkanes of at least 4 members (excludes halogenated alkanes) is 1. The number of benzene rings is 1. The molecule has 26 heavy (non-hydrogen) atoms. The Morgan fingerprint density at radius 2 is 1.96 bits per heavy atom. The number of ether oxygens (including phenoxy) is 2. The summed E-state index contributed by atoms with van der Waals surface area (Å²) in [5.74, 6) is -0.320. The van der Waals surface area contributed by atoms with Crippen LogP contribution in [0.4, 0.5) is 4.79 Å². The highest BCUT2D eigenvalue weighted by Gasteiger charge is 2.22. The fourth-order valence-corrected chi connectivity index (χ4v) is 2.58. The Bertz CT molecular complexity index is 664. The van der Waals surface area contributed by atoms with Crippen LogP contribution in [-0.2, 0) is 20.9 Å². The third-order valence-corrected chi connectivity index (χ3v) is 3.88. The van der Waals surface area contributed by atoms with Crippen molar-refractivity contribution in [3.8, 4) is 0 Å². The van der Waals surface area contributed by atoms with Gasteiger partial charge in [0.1, 0.15) is 6.61 Å². The second-order valence-electron chi connectivity index (χ2n) is 5.83. The summed E-state index contributed by atoms with van der Waals surface area (Å²) in [6.07, 6.45) is 12.8. The lowest BCUT2D eigenvalue weighted by Crippen LogP contribution is -2.36. The molecule has 1 aromatic rings. The van der Waals surface area contributed by atoms with Gasteiger partial charge in [0.25, 0.3) is 0 Å². The first-order valence-electron chi connectivity index (χ1n) is 8.88. The van der Waals surface area contributed by atoms with Gasteiger partial charge in [0.2, 0.25) is 0 Å². The minimum absolute atomic E-state index is 0.0423. The van der Waals surface area contributed by atoms with Gasteiger partial charge >= 0.3 is 12.1 Å². The Hall–Kier alpha value is -2.82. The lowest BCUT2D eigenvalue weighted by molar-refractivity contribution is -0.137. The Balaban J connectivity index is 1.78. The minimum atomic E-state index is -0.360. The Morgan fingerprint density at radius 1 is 1.15 bits per heavy atom. The van der Waals surface area contributed by atoms with Crippen LogP contribution in [0.5, 0.6) is 0 Å². The zero-order valence-corrected chi connectivity index (χ0v) is 15.0. The molecule has 1 atom stereocenters. The van der Waals surface area contributed by atoms with Crippen LogP contribution in [0.2, 0.25) is 0 Å². The van der Waals surface area contributed by atoms with E-state index < -0.39 is 0 Å². The SMILES string of the molecule is CCOC(=O)/C=C/CCCC1C=CC=CN1C(=O)OCc1ccccc1. The van der Waals surface area contributed by atoms with Crippen LogP contribution in [0, 0.1) is 0 Å². The molecule has 0 aromatic heterocycles. The maximum absolute atomic E-state index is 12.4. The number of hydrogen-bond donors (Lipinski definition) is 0. The van der Waals surface area contributed by atoms with Crippen LogP contribution in [0.1, 0.15) is 31.7 Å². The largest absolute Gasteiger partial charge is 0.463 e. The van der Waals surface area contributed by atoms with Crippen molar-refractivity contribution in [1.82, 2.24) is 4.90 Å². The highest BCUT2D eigenvalue weighted by atomic mass is 16.6. The molecule has 0 bridgehead atoms. The summed E-state index contributed by atoms with van der Waals surface area (Å²) < 4.78 is 10.2. The molecule has 0 aliphatic carbocycles. The van der Waals surface area contributed by atoms with Gasteiger partial charge in [-0.05, 0) is 37.8 Å². The fourth-order valence-electron chi connectivity index (χ4n) is 2.58. The summed E-state index contributed by atoms with van der Waals surface area (Å²) >= 11 is 0. The molecule has 1 aliphatic rings. The number of nitrogens with zero attached hydrogens (tertiary/aromatic N) is 1. The van der Waals surface area contributed by atoms with Gasteiger partial charge in [0.15, 0.2) is 0 Å². The van der Waals surface area contributed by atoms with E-state index in [9.17, 15) is 9.59 Å². The number of carbonyl (C=O) groups is 2. The van der Waals surface area contributed by atoms with E-state index in [1.165, 1.54) is 6.08 Å². The number of allylic oxidation sites excluding steroid dienone is 3. The molecular weight excluding hydrogens is 330 g/mol. The van der Waals surface area contributed by atoms with Gasteiger partial charge in [0.05, 0.1) is 12.6 Å². The third kappa shape index (κ3) is 6.59. The summed E-state index contributed by atoms with van der Waals surface area (Å²) in [6.45, 7) is 2.41. The quantitative estimate of drug-likeness (QED) is 0.395.